The van der Waals surface area contributed by atoms with Gasteiger partial charge in [0.25, 0.3) is 0 Å². The van der Waals surface area contributed by atoms with E-state index in [-0.39, 0.29) is 18.2 Å². The number of methoxy groups -OCH3 is 1. The molecule has 0 saturated carbocycles. The van der Waals surface area contributed by atoms with Gasteiger partial charge in [0, 0.05) is 25.5 Å². The second-order valence-corrected chi connectivity index (χ2v) is 5.92. The maximum Gasteiger partial charge on any atom is 0.224 e. The Bertz CT molecular complexity index is 862. The molecule has 2 aromatic carbocycles. The lowest BCUT2D eigenvalue weighted by molar-refractivity contribution is -0.121. The number of benzene rings is 2. The summed E-state index contributed by atoms with van der Waals surface area (Å²) in [5, 5.41) is 10.9. The van der Waals surface area contributed by atoms with Crippen molar-refractivity contribution in [1.82, 2.24) is 15.5 Å². The van der Waals surface area contributed by atoms with E-state index in [0.29, 0.717) is 18.3 Å². The van der Waals surface area contributed by atoms with Crippen LogP contribution in [0.25, 0.3) is 0 Å². The van der Waals surface area contributed by atoms with Crippen molar-refractivity contribution in [3.63, 3.8) is 0 Å². The Labute approximate surface area is 152 Å². The lowest BCUT2D eigenvalue weighted by Crippen LogP contribution is -2.25. The van der Waals surface area contributed by atoms with E-state index >= 15 is 0 Å². The highest BCUT2D eigenvalue weighted by Gasteiger charge is 2.23. The number of aryl methyl sites for hydroxylation is 1. The molecule has 0 spiro atoms. The molecule has 0 aliphatic heterocycles. The van der Waals surface area contributed by atoms with Gasteiger partial charge in [-0.2, -0.15) is 0 Å². The molecule has 6 nitrogen and oxygen atoms in total. The first-order chi connectivity index (χ1) is 12.7. The van der Waals surface area contributed by atoms with Gasteiger partial charge < -0.3 is 14.5 Å². The van der Waals surface area contributed by atoms with Crippen molar-refractivity contribution < 1.29 is 13.9 Å². The minimum absolute atomic E-state index is 0.0967. The minimum atomic E-state index is -0.282. The Morgan fingerprint density at radius 3 is 2.54 bits per heavy atom. The van der Waals surface area contributed by atoms with Gasteiger partial charge in [0.05, 0.1) is 13.0 Å². The number of nitrogens with one attached hydrogen (secondary N) is 1. The third kappa shape index (κ3) is 4.27. The highest BCUT2D eigenvalue weighted by Crippen LogP contribution is 2.27. The number of hydrogen-bond donors (Lipinski definition) is 1. The molecular formula is C20H21N3O3. The van der Waals surface area contributed by atoms with Gasteiger partial charge in [-0.3, -0.25) is 4.79 Å². The minimum Gasteiger partial charge on any atom is -0.496 e. The first kappa shape index (κ1) is 17.7. The molecule has 134 valence electrons. The molecule has 6 heteroatoms. The third-order valence-corrected chi connectivity index (χ3v) is 4.10. The third-order valence-electron chi connectivity index (χ3n) is 4.10. The van der Waals surface area contributed by atoms with E-state index < -0.39 is 0 Å². The number of carbonyl (C=O) groups is 1. The van der Waals surface area contributed by atoms with Crippen molar-refractivity contribution in [3.8, 4) is 5.75 Å². The molecule has 0 aliphatic carbocycles. The maximum atomic E-state index is 12.5. The summed E-state index contributed by atoms with van der Waals surface area (Å²) in [6.07, 6.45) is 0.223. The lowest BCUT2D eigenvalue weighted by Gasteiger charge is -2.14. The molecule has 0 fully saturated rings. The van der Waals surface area contributed by atoms with Crippen LogP contribution in [0.2, 0.25) is 0 Å². The molecule has 0 saturated heterocycles. The second-order valence-electron chi connectivity index (χ2n) is 5.92. The van der Waals surface area contributed by atoms with Gasteiger partial charge in [-0.1, -0.05) is 48.5 Å². The Morgan fingerprint density at radius 1 is 1.12 bits per heavy atom. The van der Waals surface area contributed by atoms with Crippen LogP contribution >= 0.6 is 0 Å². The largest absolute Gasteiger partial charge is 0.496 e. The second kappa shape index (κ2) is 8.29. The Balaban J connectivity index is 1.71. The SMILES string of the molecule is COc1ccccc1CNC(=O)CC(c1ccccc1)c1nnc(C)o1. The van der Waals surface area contributed by atoms with Crippen molar-refractivity contribution in [2.24, 2.45) is 0 Å². The van der Waals surface area contributed by atoms with Crippen LogP contribution in [-0.4, -0.2) is 23.2 Å². The number of ether oxygens (including phenoxy) is 1. The van der Waals surface area contributed by atoms with E-state index in [4.69, 9.17) is 9.15 Å². The molecule has 3 rings (SSSR count). The number of hydrogen-bond acceptors (Lipinski definition) is 5. The Hall–Kier alpha value is -3.15. The van der Waals surface area contributed by atoms with E-state index in [1.807, 2.05) is 54.6 Å². The van der Waals surface area contributed by atoms with Crippen LogP contribution in [0, 0.1) is 6.92 Å². The molecule has 1 atom stereocenters. The number of para-hydroxylation sites is 1. The van der Waals surface area contributed by atoms with Crippen LogP contribution in [0.1, 0.15) is 35.2 Å². The number of carbonyl (C=O) groups excluding carboxylic acids is 1. The monoisotopic (exact) mass is 351 g/mol. The summed E-state index contributed by atoms with van der Waals surface area (Å²) in [5.74, 6) is 1.30. The molecule has 0 radical (unpaired) electrons. The topological polar surface area (TPSA) is 77.2 Å². The van der Waals surface area contributed by atoms with Crippen molar-refractivity contribution >= 4 is 5.91 Å². The van der Waals surface area contributed by atoms with Crippen LogP contribution in [0.4, 0.5) is 0 Å². The molecule has 1 N–H and O–H groups in total. The van der Waals surface area contributed by atoms with E-state index in [1.54, 1.807) is 14.0 Å². The van der Waals surface area contributed by atoms with Gasteiger partial charge in [-0.05, 0) is 11.6 Å². The van der Waals surface area contributed by atoms with Gasteiger partial charge in [-0.25, -0.2) is 0 Å². The van der Waals surface area contributed by atoms with Crippen LogP contribution < -0.4 is 10.1 Å². The van der Waals surface area contributed by atoms with Crippen molar-refractivity contribution in [2.75, 3.05) is 7.11 Å². The highest BCUT2D eigenvalue weighted by molar-refractivity contribution is 5.77. The quantitative estimate of drug-likeness (QED) is 0.707. The van der Waals surface area contributed by atoms with E-state index in [0.717, 1.165) is 16.9 Å². The first-order valence-corrected chi connectivity index (χ1v) is 8.41. The molecule has 1 amide bonds. The summed E-state index contributed by atoms with van der Waals surface area (Å²) < 4.78 is 10.9. The van der Waals surface area contributed by atoms with Gasteiger partial charge in [-0.15, -0.1) is 10.2 Å². The fraction of sp³-hybridized carbons (Fsp3) is 0.250. The maximum absolute atomic E-state index is 12.5. The first-order valence-electron chi connectivity index (χ1n) is 8.41. The Morgan fingerprint density at radius 2 is 1.85 bits per heavy atom. The van der Waals surface area contributed by atoms with Crippen molar-refractivity contribution in [1.29, 1.82) is 0 Å². The summed E-state index contributed by atoms with van der Waals surface area (Å²) in [5.41, 5.74) is 1.89. The molecule has 0 bridgehead atoms. The van der Waals surface area contributed by atoms with E-state index in [2.05, 4.69) is 15.5 Å². The number of nitrogens with zero attached hydrogens (tertiary/aromatic N) is 2. The zero-order valence-corrected chi connectivity index (χ0v) is 14.8. The van der Waals surface area contributed by atoms with Gasteiger partial charge in [0.2, 0.25) is 17.7 Å². The van der Waals surface area contributed by atoms with E-state index in [9.17, 15) is 4.79 Å². The average Bonchev–Trinajstić information content (AvgIpc) is 3.11. The normalized spacial score (nSPS) is 11.8. The standard InChI is InChI=1S/C20H21N3O3/c1-14-22-23-20(26-14)17(15-8-4-3-5-9-15)12-19(24)21-13-16-10-6-7-11-18(16)25-2/h3-11,17H,12-13H2,1-2H3,(H,21,24). The summed E-state index contributed by atoms with van der Waals surface area (Å²) in [6.45, 7) is 2.13. The zero-order chi connectivity index (χ0) is 18.4. The molecular weight excluding hydrogens is 330 g/mol. The fourth-order valence-corrected chi connectivity index (χ4v) is 2.79. The molecule has 3 aromatic rings. The van der Waals surface area contributed by atoms with Gasteiger partial charge in [0.1, 0.15) is 5.75 Å². The molecule has 0 aliphatic rings. The molecule has 1 unspecified atom stereocenters. The predicted molar refractivity (Wildman–Crippen MR) is 96.8 cm³/mol. The summed E-state index contributed by atoms with van der Waals surface area (Å²) in [6, 6.07) is 17.3. The number of rotatable bonds is 7. The predicted octanol–water partition coefficient (Wildman–Crippen LogP) is 3.23. The van der Waals surface area contributed by atoms with Gasteiger partial charge >= 0.3 is 0 Å². The Kier molecular flexibility index (Phi) is 5.63. The summed E-state index contributed by atoms with van der Waals surface area (Å²) in [4.78, 5) is 12.5. The van der Waals surface area contributed by atoms with Gasteiger partial charge in [0.15, 0.2) is 0 Å². The van der Waals surface area contributed by atoms with Crippen LogP contribution in [0.3, 0.4) is 0 Å². The zero-order valence-electron chi connectivity index (χ0n) is 14.8. The smallest absolute Gasteiger partial charge is 0.224 e. The lowest BCUT2D eigenvalue weighted by atomic mass is 9.95. The summed E-state index contributed by atoms with van der Waals surface area (Å²) >= 11 is 0. The number of amides is 1. The molecule has 1 heterocycles. The van der Waals surface area contributed by atoms with Crippen LogP contribution in [0.15, 0.2) is 59.0 Å². The highest BCUT2D eigenvalue weighted by atomic mass is 16.5. The summed E-state index contributed by atoms with van der Waals surface area (Å²) in [7, 11) is 1.62. The average molecular weight is 351 g/mol. The number of aromatic nitrogens is 2. The fourth-order valence-electron chi connectivity index (χ4n) is 2.79. The van der Waals surface area contributed by atoms with E-state index in [1.165, 1.54) is 0 Å². The van der Waals surface area contributed by atoms with Crippen molar-refractivity contribution in [2.45, 2.75) is 25.8 Å². The van der Waals surface area contributed by atoms with Crippen LogP contribution in [0.5, 0.6) is 5.75 Å². The van der Waals surface area contributed by atoms with Crippen molar-refractivity contribution in [3.05, 3.63) is 77.5 Å². The molecule has 1 aromatic heterocycles. The molecule has 26 heavy (non-hydrogen) atoms. The van der Waals surface area contributed by atoms with Crippen LogP contribution in [-0.2, 0) is 11.3 Å².